The van der Waals surface area contributed by atoms with E-state index in [-0.39, 0.29) is 28.8 Å². The summed E-state index contributed by atoms with van der Waals surface area (Å²) in [6.07, 6.45) is 0. The summed E-state index contributed by atoms with van der Waals surface area (Å²) in [5.41, 5.74) is 3.73. The lowest BCUT2D eigenvalue weighted by atomic mass is 10.1. The SMILES string of the molecule is CN1CCN(Cc2ccc(C(=O)NCc3cccc(COc4ccccc4NC(=O)c4cc([N+](=O)[O-])ccc4Cl)c3)cc2)CC1. The van der Waals surface area contributed by atoms with Crippen molar-refractivity contribution in [2.75, 3.05) is 38.5 Å². The number of rotatable bonds is 11. The Hall–Kier alpha value is -4.77. The van der Waals surface area contributed by atoms with Crippen molar-refractivity contribution >= 4 is 34.8 Å². The molecule has 0 saturated carbocycles. The molecule has 10 nitrogen and oxygen atoms in total. The maximum absolute atomic E-state index is 12.9. The Morgan fingerprint density at radius 2 is 1.60 bits per heavy atom. The first-order valence-corrected chi connectivity index (χ1v) is 15.0. The molecular formula is C34H34ClN5O5. The summed E-state index contributed by atoms with van der Waals surface area (Å²) < 4.78 is 6.02. The summed E-state index contributed by atoms with van der Waals surface area (Å²) >= 11 is 6.14. The number of anilines is 1. The van der Waals surface area contributed by atoms with Crippen LogP contribution in [0.15, 0.2) is 91.0 Å². The fraction of sp³-hybridized carbons (Fsp3) is 0.235. The second-order valence-corrected chi connectivity index (χ2v) is 11.3. The van der Waals surface area contributed by atoms with Crippen LogP contribution < -0.4 is 15.4 Å². The Bertz CT molecular complexity index is 1670. The van der Waals surface area contributed by atoms with E-state index in [9.17, 15) is 19.7 Å². The number of carbonyl (C=O) groups is 2. The van der Waals surface area contributed by atoms with Gasteiger partial charge in [0.05, 0.1) is 21.2 Å². The van der Waals surface area contributed by atoms with Gasteiger partial charge in [-0.2, -0.15) is 0 Å². The summed E-state index contributed by atoms with van der Waals surface area (Å²) in [7, 11) is 2.14. The standard InChI is InChI=1S/C34H34ClN5O5/c1-38-15-17-39(18-16-38)22-24-9-11-27(12-10-24)33(41)36-21-25-5-4-6-26(19-25)23-45-32-8-3-2-7-31(32)37-34(42)29-20-28(40(43)44)13-14-30(29)35/h2-14,19-20H,15-18,21-23H2,1H3,(H,36,41)(H,37,42). The van der Waals surface area contributed by atoms with E-state index in [0.717, 1.165) is 49.9 Å². The predicted octanol–water partition coefficient (Wildman–Crippen LogP) is 5.76. The number of nitro benzene ring substituents is 1. The van der Waals surface area contributed by atoms with Crippen LogP contribution in [-0.2, 0) is 19.7 Å². The Labute approximate surface area is 266 Å². The smallest absolute Gasteiger partial charge is 0.270 e. The molecule has 0 radical (unpaired) electrons. The summed E-state index contributed by atoms with van der Waals surface area (Å²) in [6, 6.07) is 26.0. The first kappa shape index (κ1) is 31.6. The van der Waals surface area contributed by atoms with E-state index in [1.165, 1.54) is 17.7 Å². The summed E-state index contributed by atoms with van der Waals surface area (Å²) in [6.45, 7) is 5.68. The van der Waals surface area contributed by atoms with E-state index in [1.807, 2.05) is 48.5 Å². The van der Waals surface area contributed by atoms with Gasteiger partial charge in [0.15, 0.2) is 0 Å². The van der Waals surface area contributed by atoms with Crippen LogP contribution in [0.25, 0.3) is 0 Å². The number of hydrogen-bond acceptors (Lipinski definition) is 7. The van der Waals surface area contributed by atoms with Gasteiger partial charge in [-0.25, -0.2) is 0 Å². The number of ether oxygens (including phenoxy) is 1. The van der Waals surface area contributed by atoms with Gasteiger partial charge in [0.1, 0.15) is 12.4 Å². The van der Waals surface area contributed by atoms with Crippen LogP contribution in [0.5, 0.6) is 5.75 Å². The molecule has 2 amide bonds. The van der Waals surface area contributed by atoms with Crippen molar-refractivity contribution in [3.8, 4) is 5.75 Å². The normalized spacial score (nSPS) is 13.6. The lowest BCUT2D eigenvalue weighted by Gasteiger charge is -2.32. The number of para-hydroxylation sites is 2. The molecule has 232 valence electrons. The summed E-state index contributed by atoms with van der Waals surface area (Å²) in [5.74, 6) is -0.319. The molecule has 4 aromatic rings. The van der Waals surface area contributed by atoms with Gasteiger partial charge < -0.3 is 20.3 Å². The molecule has 4 aromatic carbocycles. The molecule has 45 heavy (non-hydrogen) atoms. The van der Waals surface area contributed by atoms with Crippen molar-refractivity contribution in [3.05, 3.63) is 134 Å². The molecule has 0 unspecified atom stereocenters. The van der Waals surface area contributed by atoms with Crippen molar-refractivity contribution < 1.29 is 19.2 Å². The number of nitro groups is 1. The maximum atomic E-state index is 12.9. The minimum absolute atomic E-state index is 0.0167. The average Bonchev–Trinajstić information content (AvgIpc) is 3.05. The van der Waals surface area contributed by atoms with Crippen molar-refractivity contribution in [2.24, 2.45) is 0 Å². The van der Waals surface area contributed by atoms with Gasteiger partial charge in [0, 0.05) is 57.0 Å². The van der Waals surface area contributed by atoms with Gasteiger partial charge in [0.25, 0.3) is 17.5 Å². The molecule has 1 fully saturated rings. The number of amides is 2. The number of piperazine rings is 1. The number of non-ortho nitro benzene ring substituents is 1. The zero-order valence-electron chi connectivity index (χ0n) is 24.9. The number of nitrogens with one attached hydrogen (secondary N) is 2. The molecule has 0 spiro atoms. The van der Waals surface area contributed by atoms with Crippen LogP contribution in [0.1, 0.15) is 37.4 Å². The van der Waals surface area contributed by atoms with E-state index < -0.39 is 10.8 Å². The highest BCUT2D eigenvalue weighted by Crippen LogP contribution is 2.28. The summed E-state index contributed by atoms with van der Waals surface area (Å²) in [5, 5.41) is 17.0. The van der Waals surface area contributed by atoms with Crippen LogP contribution >= 0.6 is 11.6 Å². The third-order valence-corrected chi connectivity index (χ3v) is 7.93. The highest BCUT2D eigenvalue weighted by molar-refractivity contribution is 6.34. The monoisotopic (exact) mass is 627 g/mol. The van der Waals surface area contributed by atoms with Gasteiger partial charge in [-0.15, -0.1) is 0 Å². The molecule has 1 aliphatic heterocycles. The quantitative estimate of drug-likeness (QED) is 0.160. The van der Waals surface area contributed by atoms with Crippen LogP contribution in [0.2, 0.25) is 5.02 Å². The molecule has 0 aliphatic carbocycles. The molecule has 5 rings (SSSR count). The largest absolute Gasteiger partial charge is 0.487 e. The highest BCUT2D eigenvalue weighted by Gasteiger charge is 2.18. The van der Waals surface area contributed by atoms with Crippen LogP contribution in [0.4, 0.5) is 11.4 Å². The number of benzene rings is 4. The third-order valence-electron chi connectivity index (χ3n) is 7.60. The number of halogens is 1. The average molecular weight is 628 g/mol. The first-order valence-electron chi connectivity index (χ1n) is 14.6. The van der Waals surface area contributed by atoms with Crippen molar-refractivity contribution in [3.63, 3.8) is 0 Å². The van der Waals surface area contributed by atoms with Gasteiger partial charge in [-0.3, -0.25) is 24.6 Å². The fourth-order valence-electron chi connectivity index (χ4n) is 4.99. The molecule has 1 aliphatic rings. The van der Waals surface area contributed by atoms with Gasteiger partial charge in [-0.05, 0) is 54.1 Å². The van der Waals surface area contributed by atoms with E-state index in [2.05, 4.69) is 27.5 Å². The van der Waals surface area contributed by atoms with E-state index in [4.69, 9.17) is 16.3 Å². The Balaban J connectivity index is 1.15. The molecule has 0 atom stereocenters. The van der Waals surface area contributed by atoms with E-state index in [1.54, 1.807) is 24.3 Å². The fourth-order valence-corrected chi connectivity index (χ4v) is 5.19. The van der Waals surface area contributed by atoms with Crippen molar-refractivity contribution in [1.29, 1.82) is 0 Å². The number of carbonyl (C=O) groups excluding carboxylic acids is 2. The van der Waals surface area contributed by atoms with Gasteiger partial charge in [0.2, 0.25) is 0 Å². The second kappa shape index (κ2) is 14.8. The van der Waals surface area contributed by atoms with Crippen LogP contribution in [0.3, 0.4) is 0 Å². The van der Waals surface area contributed by atoms with Gasteiger partial charge in [-0.1, -0.05) is 60.1 Å². The Morgan fingerprint density at radius 3 is 2.36 bits per heavy atom. The zero-order chi connectivity index (χ0) is 31.8. The lowest BCUT2D eigenvalue weighted by Crippen LogP contribution is -2.43. The molecule has 0 bridgehead atoms. The Kier molecular flexibility index (Phi) is 10.4. The van der Waals surface area contributed by atoms with Crippen molar-refractivity contribution in [2.45, 2.75) is 19.7 Å². The van der Waals surface area contributed by atoms with Crippen LogP contribution in [-0.4, -0.2) is 59.8 Å². The molecule has 1 saturated heterocycles. The first-order chi connectivity index (χ1) is 21.7. The molecule has 1 heterocycles. The minimum Gasteiger partial charge on any atom is -0.487 e. The van der Waals surface area contributed by atoms with E-state index >= 15 is 0 Å². The third kappa shape index (κ3) is 8.66. The number of likely N-dealkylation sites (N-methyl/N-ethyl adjacent to an activating group) is 1. The lowest BCUT2D eigenvalue weighted by molar-refractivity contribution is -0.384. The van der Waals surface area contributed by atoms with Crippen LogP contribution in [0, 0.1) is 10.1 Å². The van der Waals surface area contributed by atoms with Gasteiger partial charge >= 0.3 is 0 Å². The highest BCUT2D eigenvalue weighted by atomic mass is 35.5. The second-order valence-electron chi connectivity index (χ2n) is 10.9. The van der Waals surface area contributed by atoms with Crippen molar-refractivity contribution in [1.82, 2.24) is 15.1 Å². The maximum Gasteiger partial charge on any atom is 0.270 e. The molecular weight excluding hydrogens is 594 g/mol. The predicted molar refractivity (Wildman–Crippen MR) is 174 cm³/mol. The molecule has 11 heteroatoms. The minimum atomic E-state index is -0.595. The molecule has 2 N–H and O–H groups in total. The summed E-state index contributed by atoms with van der Waals surface area (Å²) in [4.78, 5) is 41.0. The van der Waals surface area contributed by atoms with E-state index in [0.29, 0.717) is 23.5 Å². The Morgan fingerprint density at radius 1 is 0.867 bits per heavy atom. The number of nitrogens with zero attached hydrogens (tertiary/aromatic N) is 3. The number of hydrogen-bond donors (Lipinski definition) is 2. The molecule has 0 aromatic heterocycles. The zero-order valence-corrected chi connectivity index (χ0v) is 25.6. The topological polar surface area (TPSA) is 117 Å².